The number of nitrogens with zero attached hydrogens (tertiary/aromatic N) is 4. The lowest BCUT2D eigenvalue weighted by molar-refractivity contribution is -0.141. The Hall–Kier alpha value is -2.61. The number of ether oxygens (including phenoxy) is 3. The van der Waals surface area contributed by atoms with E-state index < -0.39 is 6.10 Å². The van der Waals surface area contributed by atoms with Crippen LogP contribution in [0, 0.1) is 0 Å². The second-order valence-electron chi connectivity index (χ2n) is 5.96. The van der Waals surface area contributed by atoms with Gasteiger partial charge >= 0.3 is 0 Å². The predicted octanol–water partition coefficient (Wildman–Crippen LogP) is 0.940. The molecule has 2 aromatic rings. The first-order valence-corrected chi connectivity index (χ1v) is 7.99. The minimum absolute atomic E-state index is 0.0534. The number of anilines is 1. The van der Waals surface area contributed by atoms with Crippen LogP contribution in [0.25, 0.3) is 10.9 Å². The minimum Gasteiger partial charge on any atom is -0.493 e. The number of aromatic nitrogens is 2. The number of amides is 1. The molecule has 0 spiro atoms. The number of carbonyl (C=O) groups is 1. The van der Waals surface area contributed by atoms with Crippen LogP contribution >= 0.6 is 0 Å². The molecule has 0 radical (unpaired) electrons. The largest absolute Gasteiger partial charge is 0.493 e. The Kier molecular flexibility index (Phi) is 4.89. The number of rotatable bonds is 4. The molecule has 1 aromatic heterocycles. The zero-order valence-electron chi connectivity index (χ0n) is 14.9. The molecule has 1 fully saturated rings. The van der Waals surface area contributed by atoms with Crippen molar-refractivity contribution < 1.29 is 19.0 Å². The molecule has 0 N–H and O–H groups in total. The molecule has 2 heterocycles. The lowest BCUT2D eigenvalue weighted by Gasteiger charge is -2.34. The van der Waals surface area contributed by atoms with Gasteiger partial charge in [-0.3, -0.25) is 4.79 Å². The maximum Gasteiger partial charge on any atom is 0.253 e. The number of hydrogen-bond donors (Lipinski definition) is 0. The van der Waals surface area contributed by atoms with Crippen molar-refractivity contribution in [3.05, 3.63) is 18.5 Å². The highest BCUT2D eigenvalue weighted by Crippen LogP contribution is 2.35. The number of fused-ring (bicyclic) bond motifs is 1. The molecule has 134 valence electrons. The third-order valence-corrected chi connectivity index (χ3v) is 4.20. The van der Waals surface area contributed by atoms with Gasteiger partial charge in [-0.25, -0.2) is 9.97 Å². The van der Waals surface area contributed by atoms with Crippen LogP contribution < -0.4 is 14.4 Å². The second kappa shape index (κ2) is 7.10. The lowest BCUT2D eigenvalue weighted by Crippen LogP contribution is -2.49. The van der Waals surface area contributed by atoms with Crippen molar-refractivity contribution in [1.82, 2.24) is 14.9 Å². The highest BCUT2D eigenvalue weighted by atomic mass is 16.5. The summed E-state index contributed by atoms with van der Waals surface area (Å²) in [5, 5.41) is 0.845. The smallest absolute Gasteiger partial charge is 0.253 e. The molecular weight excluding hydrogens is 324 g/mol. The molecule has 1 unspecified atom stereocenters. The Labute approximate surface area is 146 Å². The van der Waals surface area contributed by atoms with Gasteiger partial charge in [0, 0.05) is 32.1 Å². The van der Waals surface area contributed by atoms with Gasteiger partial charge in [0.25, 0.3) is 5.91 Å². The molecule has 0 bridgehead atoms. The number of benzene rings is 1. The zero-order chi connectivity index (χ0) is 18.0. The van der Waals surface area contributed by atoms with Crippen LogP contribution in [0.15, 0.2) is 18.5 Å². The van der Waals surface area contributed by atoms with Gasteiger partial charge in [0.15, 0.2) is 17.6 Å². The van der Waals surface area contributed by atoms with Crippen molar-refractivity contribution in [3.63, 3.8) is 0 Å². The van der Waals surface area contributed by atoms with Gasteiger partial charge in [0.05, 0.1) is 32.9 Å². The Bertz CT molecular complexity index is 781. The third kappa shape index (κ3) is 3.30. The van der Waals surface area contributed by atoms with E-state index in [0.29, 0.717) is 31.2 Å². The minimum atomic E-state index is -0.506. The first-order valence-electron chi connectivity index (χ1n) is 7.99. The second-order valence-corrected chi connectivity index (χ2v) is 5.96. The zero-order valence-corrected chi connectivity index (χ0v) is 14.9. The van der Waals surface area contributed by atoms with E-state index in [9.17, 15) is 4.79 Å². The van der Waals surface area contributed by atoms with Crippen molar-refractivity contribution >= 4 is 22.6 Å². The van der Waals surface area contributed by atoms with Crippen LogP contribution in [0.1, 0.15) is 0 Å². The summed E-state index contributed by atoms with van der Waals surface area (Å²) in [6, 6.07) is 3.68. The Morgan fingerprint density at radius 3 is 2.64 bits per heavy atom. The van der Waals surface area contributed by atoms with E-state index in [1.165, 1.54) is 6.33 Å². The normalized spacial score (nSPS) is 17.4. The Balaban J connectivity index is 1.99. The Morgan fingerprint density at radius 2 is 1.96 bits per heavy atom. The van der Waals surface area contributed by atoms with E-state index in [4.69, 9.17) is 14.2 Å². The maximum absolute atomic E-state index is 12.2. The predicted molar refractivity (Wildman–Crippen MR) is 93.3 cm³/mol. The van der Waals surface area contributed by atoms with Crippen molar-refractivity contribution in [2.45, 2.75) is 6.10 Å². The van der Waals surface area contributed by atoms with Gasteiger partial charge in [0.2, 0.25) is 0 Å². The number of hydrogen-bond acceptors (Lipinski definition) is 7. The monoisotopic (exact) mass is 346 g/mol. The third-order valence-electron chi connectivity index (χ3n) is 4.20. The standard InChI is InChI=1S/C17H22N4O4/c1-20(2)17(22)15-9-21(5-6-25-15)16-11-7-13(23-3)14(24-4)8-12(11)18-10-19-16/h7-8,10,15H,5-6,9H2,1-4H3. The number of carbonyl (C=O) groups excluding carboxylic acids is 1. The van der Waals surface area contributed by atoms with Gasteiger partial charge in [0.1, 0.15) is 12.1 Å². The summed E-state index contributed by atoms with van der Waals surface area (Å²) < 4.78 is 16.4. The highest BCUT2D eigenvalue weighted by molar-refractivity contribution is 5.92. The fourth-order valence-corrected chi connectivity index (χ4v) is 2.90. The van der Waals surface area contributed by atoms with Crippen molar-refractivity contribution in [1.29, 1.82) is 0 Å². The van der Waals surface area contributed by atoms with Gasteiger partial charge in [-0.2, -0.15) is 0 Å². The van der Waals surface area contributed by atoms with Crippen LogP contribution in [0.3, 0.4) is 0 Å². The average molecular weight is 346 g/mol. The van der Waals surface area contributed by atoms with Crippen LogP contribution in [0.5, 0.6) is 11.5 Å². The highest BCUT2D eigenvalue weighted by Gasteiger charge is 2.29. The van der Waals surface area contributed by atoms with Gasteiger partial charge in [-0.15, -0.1) is 0 Å². The molecule has 0 saturated carbocycles. The van der Waals surface area contributed by atoms with Gasteiger partial charge in [-0.1, -0.05) is 0 Å². The van der Waals surface area contributed by atoms with Crippen LogP contribution in [0.2, 0.25) is 0 Å². The van der Waals surface area contributed by atoms with Crippen LogP contribution in [-0.4, -0.2) is 74.9 Å². The SMILES string of the molecule is COc1cc2ncnc(N3CCOC(C(=O)N(C)C)C3)c2cc1OC. The van der Waals surface area contributed by atoms with Crippen LogP contribution in [0.4, 0.5) is 5.82 Å². The average Bonchev–Trinajstić information content (AvgIpc) is 2.65. The van der Waals surface area contributed by atoms with Gasteiger partial charge in [-0.05, 0) is 6.07 Å². The lowest BCUT2D eigenvalue weighted by atomic mass is 10.1. The van der Waals surface area contributed by atoms with E-state index in [0.717, 1.165) is 16.7 Å². The van der Waals surface area contributed by atoms with E-state index in [2.05, 4.69) is 9.97 Å². The molecule has 0 aliphatic carbocycles. The number of methoxy groups -OCH3 is 2. The first-order chi connectivity index (χ1) is 12.0. The summed E-state index contributed by atoms with van der Waals surface area (Å²) in [4.78, 5) is 24.6. The summed E-state index contributed by atoms with van der Waals surface area (Å²) >= 11 is 0. The Morgan fingerprint density at radius 1 is 1.24 bits per heavy atom. The van der Waals surface area contributed by atoms with Crippen LogP contribution in [-0.2, 0) is 9.53 Å². The molecule has 1 aliphatic rings. The van der Waals surface area contributed by atoms with Crippen molar-refractivity contribution in [3.8, 4) is 11.5 Å². The molecule has 3 rings (SSSR count). The van der Waals surface area contributed by atoms with E-state index in [1.54, 1.807) is 33.2 Å². The van der Waals surface area contributed by atoms with E-state index in [1.807, 2.05) is 17.0 Å². The van der Waals surface area contributed by atoms with E-state index in [-0.39, 0.29) is 5.91 Å². The molecule has 8 nitrogen and oxygen atoms in total. The van der Waals surface area contributed by atoms with Gasteiger partial charge < -0.3 is 24.0 Å². The summed E-state index contributed by atoms with van der Waals surface area (Å²) in [5.74, 6) is 1.93. The molecule has 8 heteroatoms. The summed E-state index contributed by atoms with van der Waals surface area (Å²) in [6.07, 6.45) is 1.01. The number of likely N-dealkylation sites (N-methyl/N-ethyl adjacent to an activating group) is 1. The number of morpholine rings is 1. The molecular formula is C17H22N4O4. The maximum atomic E-state index is 12.2. The van der Waals surface area contributed by atoms with Crippen molar-refractivity contribution in [2.75, 3.05) is 52.9 Å². The quantitative estimate of drug-likeness (QED) is 0.815. The molecule has 1 aliphatic heterocycles. The summed E-state index contributed by atoms with van der Waals surface area (Å²) in [7, 11) is 6.63. The molecule has 1 saturated heterocycles. The topological polar surface area (TPSA) is 77.0 Å². The summed E-state index contributed by atoms with van der Waals surface area (Å²) in [6.45, 7) is 1.55. The van der Waals surface area contributed by atoms with Crippen molar-refractivity contribution in [2.24, 2.45) is 0 Å². The molecule has 25 heavy (non-hydrogen) atoms. The first kappa shape index (κ1) is 17.2. The summed E-state index contributed by atoms with van der Waals surface area (Å²) in [5.41, 5.74) is 0.754. The molecule has 1 aromatic carbocycles. The molecule has 1 atom stereocenters. The fraction of sp³-hybridized carbons (Fsp3) is 0.471. The van der Waals surface area contributed by atoms with E-state index >= 15 is 0 Å². The molecule has 1 amide bonds. The fourth-order valence-electron chi connectivity index (χ4n) is 2.90.